The fraction of sp³-hybridized carbons (Fsp3) is 0.0526. The lowest BCUT2D eigenvalue weighted by atomic mass is 10.2. The topological polar surface area (TPSA) is 81.7 Å². The van der Waals surface area contributed by atoms with Crippen LogP contribution in [0, 0.1) is 0 Å². The summed E-state index contributed by atoms with van der Waals surface area (Å²) < 4.78 is 7.66. The number of para-hydroxylation sites is 1. The normalized spacial score (nSPS) is 11.2. The number of hydrogen-bond donors (Lipinski definition) is 1. The first kappa shape index (κ1) is 14.6. The molecule has 0 unspecified atom stereocenters. The van der Waals surface area contributed by atoms with E-state index in [2.05, 4.69) is 25.4 Å². The molecule has 2 aromatic carbocycles. The second-order valence-electron chi connectivity index (χ2n) is 5.86. The van der Waals surface area contributed by atoms with Gasteiger partial charge in [-0.2, -0.15) is 5.10 Å². The second-order valence-corrected chi connectivity index (χ2v) is 5.86. The number of rotatable bonds is 4. The maximum atomic E-state index is 5.93. The van der Waals surface area contributed by atoms with Gasteiger partial charge in [0, 0.05) is 11.9 Å². The van der Waals surface area contributed by atoms with Gasteiger partial charge in [-0.25, -0.2) is 19.6 Å². The van der Waals surface area contributed by atoms with Gasteiger partial charge in [-0.1, -0.05) is 24.3 Å². The first-order valence-corrected chi connectivity index (χ1v) is 8.18. The van der Waals surface area contributed by atoms with Gasteiger partial charge in [0.1, 0.15) is 30.1 Å². The van der Waals surface area contributed by atoms with E-state index in [0.717, 1.165) is 27.7 Å². The standard InChI is InChI=1S/C19H14N6O/c1-2-4-16-15(3-1)17-18(26-16)19(23-11-22-17)21-9-13-5-7-14(8-6-13)25-12-20-10-24-25/h1-8,10-12H,9H2,(H,21,22,23). The summed E-state index contributed by atoms with van der Waals surface area (Å²) in [6.45, 7) is 0.626. The number of hydrogen-bond acceptors (Lipinski definition) is 6. The maximum Gasteiger partial charge on any atom is 0.196 e. The summed E-state index contributed by atoms with van der Waals surface area (Å²) in [7, 11) is 0. The van der Waals surface area contributed by atoms with Crippen LogP contribution in [0.4, 0.5) is 5.82 Å². The first-order chi connectivity index (χ1) is 12.9. The molecule has 7 heteroatoms. The summed E-state index contributed by atoms with van der Waals surface area (Å²) in [5, 5.41) is 8.46. The zero-order valence-corrected chi connectivity index (χ0v) is 13.7. The molecule has 0 spiro atoms. The minimum Gasteiger partial charge on any atom is -0.450 e. The Hall–Kier alpha value is -3.74. The smallest absolute Gasteiger partial charge is 0.196 e. The molecule has 0 aliphatic heterocycles. The molecule has 0 radical (unpaired) electrons. The number of nitrogens with zero attached hydrogens (tertiary/aromatic N) is 5. The zero-order valence-electron chi connectivity index (χ0n) is 13.7. The average molecular weight is 342 g/mol. The van der Waals surface area contributed by atoms with Gasteiger partial charge in [0.25, 0.3) is 0 Å². The molecule has 3 aromatic heterocycles. The Balaban J connectivity index is 1.41. The van der Waals surface area contributed by atoms with Crippen molar-refractivity contribution in [3.63, 3.8) is 0 Å². The predicted octanol–water partition coefficient (Wildman–Crippen LogP) is 3.57. The van der Waals surface area contributed by atoms with Crippen LogP contribution >= 0.6 is 0 Å². The summed E-state index contributed by atoms with van der Waals surface area (Å²) in [5.74, 6) is 0.687. The molecule has 0 aliphatic carbocycles. The van der Waals surface area contributed by atoms with E-state index in [1.165, 1.54) is 6.33 Å². The number of anilines is 1. The molecule has 5 aromatic rings. The highest BCUT2D eigenvalue weighted by atomic mass is 16.3. The molecule has 0 saturated heterocycles. The van der Waals surface area contributed by atoms with Gasteiger partial charge in [-0.15, -0.1) is 0 Å². The van der Waals surface area contributed by atoms with Crippen molar-refractivity contribution >= 4 is 27.9 Å². The van der Waals surface area contributed by atoms with Gasteiger partial charge in [0.05, 0.1) is 5.69 Å². The Morgan fingerprint density at radius 1 is 0.962 bits per heavy atom. The average Bonchev–Trinajstić information content (AvgIpc) is 3.35. The lowest BCUT2D eigenvalue weighted by Crippen LogP contribution is -2.02. The number of fused-ring (bicyclic) bond motifs is 3. The van der Waals surface area contributed by atoms with E-state index in [1.807, 2.05) is 48.5 Å². The molecule has 0 saturated carbocycles. The Bertz CT molecular complexity index is 1180. The largest absolute Gasteiger partial charge is 0.450 e. The molecule has 26 heavy (non-hydrogen) atoms. The molecule has 0 bridgehead atoms. The first-order valence-electron chi connectivity index (χ1n) is 8.18. The quantitative estimate of drug-likeness (QED) is 0.538. The number of aromatic nitrogens is 5. The molecule has 0 fully saturated rings. The third kappa shape index (κ3) is 2.46. The van der Waals surface area contributed by atoms with Crippen LogP contribution in [0.1, 0.15) is 5.56 Å². The van der Waals surface area contributed by atoms with Crippen molar-refractivity contribution in [2.75, 3.05) is 5.32 Å². The van der Waals surface area contributed by atoms with E-state index in [9.17, 15) is 0 Å². The highest BCUT2D eigenvalue weighted by molar-refractivity contribution is 6.05. The maximum absolute atomic E-state index is 5.93. The van der Waals surface area contributed by atoms with Crippen molar-refractivity contribution in [1.82, 2.24) is 24.7 Å². The van der Waals surface area contributed by atoms with E-state index in [4.69, 9.17) is 4.42 Å². The Labute approximate surface area is 148 Å². The third-order valence-electron chi connectivity index (χ3n) is 4.24. The summed E-state index contributed by atoms with van der Waals surface area (Å²) in [5.41, 5.74) is 4.39. The predicted molar refractivity (Wildman–Crippen MR) is 98.0 cm³/mol. The molecule has 0 amide bonds. The van der Waals surface area contributed by atoms with Crippen LogP contribution in [0.25, 0.3) is 27.8 Å². The van der Waals surface area contributed by atoms with Crippen molar-refractivity contribution in [2.45, 2.75) is 6.54 Å². The third-order valence-corrected chi connectivity index (χ3v) is 4.24. The molecule has 5 rings (SSSR count). The highest BCUT2D eigenvalue weighted by Crippen LogP contribution is 2.30. The van der Waals surface area contributed by atoms with Gasteiger partial charge in [-0.3, -0.25) is 0 Å². The van der Waals surface area contributed by atoms with Crippen LogP contribution in [0.15, 0.2) is 71.9 Å². The minimum atomic E-state index is 0.626. The van der Waals surface area contributed by atoms with Crippen molar-refractivity contribution in [1.29, 1.82) is 0 Å². The SMILES string of the molecule is c1ccc2c(c1)oc1c(NCc3ccc(-n4cncn4)cc3)ncnc12. The molecule has 126 valence electrons. The monoisotopic (exact) mass is 342 g/mol. The summed E-state index contributed by atoms with van der Waals surface area (Å²) >= 11 is 0. The minimum absolute atomic E-state index is 0.626. The Morgan fingerprint density at radius 3 is 2.69 bits per heavy atom. The number of nitrogens with one attached hydrogen (secondary N) is 1. The molecule has 7 nitrogen and oxygen atoms in total. The van der Waals surface area contributed by atoms with Crippen molar-refractivity contribution in [2.24, 2.45) is 0 Å². The molecule has 0 aliphatic rings. The van der Waals surface area contributed by atoms with Gasteiger partial charge in [-0.05, 0) is 29.8 Å². The van der Waals surface area contributed by atoms with Crippen molar-refractivity contribution in [3.8, 4) is 5.69 Å². The molecule has 1 N–H and O–H groups in total. The van der Waals surface area contributed by atoms with E-state index in [0.29, 0.717) is 17.9 Å². The van der Waals surface area contributed by atoms with Gasteiger partial charge >= 0.3 is 0 Å². The zero-order chi connectivity index (χ0) is 17.3. The lowest BCUT2D eigenvalue weighted by Gasteiger charge is -2.07. The lowest BCUT2D eigenvalue weighted by molar-refractivity contribution is 0.666. The van der Waals surface area contributed by atoms with Crippen LogP contribution < -0.4 is 5.32 Å². The van der Waals surface area contributed by atoms with Crippen LogP contribution in [0.5, 0.6) is 0 Å². The molecular formula is C19H14N6O. The fourth-order valence-corrected chi connectivity index (χ4v) is 2.94. The number of benzene rings is 2. The second kappa shape index (κ2) is 5.96. The summed E-state index contributed by atoms with van der Waals surface area (Å²) in [6.07, 6.45) is 4.75. The summed E-state index contributed by atoms with van der Waals surface area (Å²) in [4.78, 5) is 12.7. The fourth-order valence-electron chi connectivity index (χ4n) is 2.94. The van der Waals surface area contributed by atoms with E-state index in [-0.39, 0.29) is 0 Å². The molecule has 3 heterocycles. The van der Waals surface area contributed by atoms with E-state index >= 15 is 0 Å². The van der Waals surface area contributed by atoms with E-state index in [1.54, 1.807) is 17.3 Å². The van der Waals surface area contributed by atoms with Crippen molar-refractivity contribution < 1.29 is 4.42 Å². The Kier molecular flexibility index (Phi) is 3.35. The van der Waals surface area contributed by atoms with Crippen LogP contribution in [0.2, 0.25) is 0 Å². The highest BCUT2D eigenvalue weighted by Gasteiger charge is 2.12. The molecule has 0 atom stereocenters. The van der Waals surface area contributed by atoms with E-state index < -0.39 is 0 Å². The summed E-state index contributed by atoms with van der Waals surface area (Å²) in [6, 6.07) is 15.9. The van der Waals surface area contributed by atoms with Crippen LogP contribution in [0.3, 0.4) is 0 Å². The van der Waals surface area contributed by atoms with Gasteiger partial charge in [0.15, 0.2) is 11.4 Å². The van der Waals surface area contributed by atoms with Crippen LogP contribution in [-0.2, 0) is 6.54 Å². The van der Waals surface area contributed by atoms with Gasteiger partial charge < -0.3 is 9.73 Å². The van der Waals surface area contributed by atoms with Crippen LogP contribution in [-0.4, -0.2) is 24.7 Å². The Morgan fingerprint density at radius 2 is 1.85 bits per heavy atom. The van der Waals surface area contributed by atoms with Crippen molar-refractivity contribution in [3.05, 3.63) is 73.1 Å². The molecular weight excluding hydrogens is 328 g/mol. The number of furan rings is 1. The van der Waals surface area contributed by atoms with Gasteiger partial charge in [0.2, 0.25) is 0 Å².